The highest BCUT2D eigenvalue weighted by molar-refractivity contribution is 6.33. The second kappa shape index (κ2) is 4.98. The first-order chi connectivity index (χ1) is 7.00. The van der Waals surface area contributed by atoms with Crippen LogP contribution in [-0.2, 0) is 0 Å². The van der Waals surface area contributed by atoms with Crippen molar-refractivity contribution in [2.24, 2.45) is 5.92 Å². The van der Waals surface area contributed by atoms with E-state index in [-0.39, 0.29) is 10.6 Å². The summed E-state index contributed by atoms with van der Waals surface area (Å²) in [5.41, 5.74) is 0.0675. The van der Waals surface area contributed by atoms with Gasteiger partial charge in [0.2, 0.25) is 0 Å². The molecule has 0 aliphatic carbocycles. The van der Waals surface area contributed by atoms with Crippen LogP contribution in [0.25, 0.3) is 0 Å². The Kier molecular flexibility index (Phi) is 3.91. The molecule has 0 atom stereocenters. The summed E-state index contributed by atoms with van der Waals surface area (Å²) in [5, 5.41) is 12.0. The van der Waals surface area contributed by atoms with Crippen LogP contribution in [0.2, 0.25) is 5.02 Å². The molecule has 0 saturated heterocycles. The van der Waals surface area contributed by atoms with Crippen molar-refractivity contribution < 1.29 is 9.90 Å². The largest absolute Gasteiger partial charge is 0.478 e. The highest BCUT2D eigenvalue weighted by atomic mass is 35.5. The van der Waals surface area contributed by atoms with E-state index in [9.17, 15) is 4.79 Å². The number of nitrogens with zero attached hydrogens (tertiary/aromatic N) is 1. The minimum absolute atomic E-state index is 0.0675. The molecule has 0 spiro atoms. The van der Waals surface area contributed by atoms with Crippen molar-refractivity contribution in [1.82, 2.24) is 4.98 Å². The maximum absolute atomic E-state index is 10.8. The van der Waals surface area contributed by atoms with E-state index in [1.165, 1.54) is 12.3 Å². The number of nitrogens with one attached hydrogen (secondary N) is 1. The van der Waals surface area contributed by atoms with Crippen molar-refractivity contribution in [2.75, 3.05) is 11.9 Å². The number of aromatic nitrogens is 1. The summed E-state index contributed by atoms with van der Waals surface area (Å²) in [6.07, 6.45) is 1.34. The first-order valence-corrected chi connectivity index (χ1v) is 5.01. The van der Waals surface area contributed by atoms with E-state index in [0.717, 1.165) is 6.54 Å². The van der Waals surface area contributed by atoms with Crippen LogP contribution in [0.4, 0.5) is 5.82 Å². The summed E-state index contributed by atoms with van der Waals surface area (Å²) in [4.78, 5) is 14.8. The van der Waals surface area contributed by atoms with Gasteiger partial charge in [0, 0.05) is 12.7 Å². The molecule has 5 heteroatoms. The molecule has 82 valence electrons. The number of aromatic carboxylic acids is 1. The third-order valence-corrected chi connectivity index (χ3v) is 2.08. The molecule has 0 bridgehead atoms. The van der Waals surface area contributed by atoms with Crippen molar-refractivity contribution in [3.8, 4) is 0 Å². The van der Waals surface area contributed by atoms with Gasteiger partial charge in [-0.25, -0.2) is 9.78 Å². The van der Waals surface area contributed by atoms with Crippen LogP contribution >= 0.6 is 11.6 Å². The minimum Gasteiger partial charge on any atom is -0.478 e. The second-order valence-corrected chi connectivity index (χ2v) is 4.04. The lowest BCUT2D eigenvalue weighted by Crippen LogP contribution is -2.10. The van der Waals surface area contributed by atoms with Crippen LogP contribution in [0, 0.1) is 5.92 Å². The molecule has 1 rings (SSSR count). The highest BCUT2D eigenvalue weighted by Gasteiger charge is 2.10. The Bertz CT molecular complexity index is 366. The Labute approximate surface area is 93.3 Å². The van der Waals surface area contributed by atoms with Gasteiger partial charge in [-0.2, -0.15) is 0 Å². The van der Waals surface area contributed by atoms with Crippen LogP contribution < -0.4 is 5.32 Å². The third-order valence-electron chi connectivity index (χ3n) is 1.78. The van der Waals surface area contributed by atoms with E-state index in [1.54, 1.807) is 0 Å². The van der Waals surface area contributed by atoms with E-state index in [4.69, 9.17) is 16.7 Å². The van der Waals surface area contributed by atoms with Crippen molar-refractivity contribution in [3.63, 3.8) is 0 Å². The average molecular weight is 229 g/mol. The summed E-state index contributed by atoms with van der Waals surface area (Å²) < 4.78 is 0. The number of anilines is 1. The van der Waals surface area contributed by atoms with Gasteiger partial charge in [-0.05, 0) is 12.0 Å². The number of hydrogen-bond donors (Lipinski definition) is 2. The lowest BCUT2D eigenvalue weighted by molar-refractivity contribution is 0.0697. The summed E-state index contributed by atoms with van der Waals surface area (Å²) in [5.74, 6) is -0.0451. The van der Waals surface area contributed by atoms with Gasteiger partial charge in [0.25, 0.3) is 0 Å². The first kappa shape index (κ1) is 11.8. The highest BCUT2D eigenvalue weighted by Crippen LogP contribution is 2.17. The maximum atomic E-state index is 10.8. The Morgan fingerprint density at radius 2 is 2.33 bits per heavy atom. The quantitative estimate of drug-likeness (QED) is 0.831. The fourth-order valence-electron chi connectivity index (χ4n) is 1.01. The normalized spacial score (nSPS) is 10.4. The molecule has 0 aliphatic heterocycles. The predicted octanol–water partition coefficient (Wildman–Crippen LogP) is 2.50. The van der Waals surface area contributed by atoms with E-state index >= 15 is 0 Å². The zero-order chi connectivity index (χ0) is 11.4. The monoisotopic (exact) mass is 228 g/mol. The Morgan fingerprint density at radius 3 is 2.87 bits per heavy atom. The van der Waals surface area contributed by atoms with Gasteiger partial charge < -0.3 is 10.4 Å². The summed E-state index contributed by atoms with van der Waals surface area (Å²) in [6.45, 7) is 4.86. The molecule has 1 aromatic heterocycles. The van der Waals surface area contributed by atoms with Gasteiger partial charge in [-0.3, -0.25) is 0 Å². The standard InChI is InChI=1S/C10H13ClN2O2/c1-6(2)4-12-9-3-7(10(14)15)8(11)5-13-9/h3,5-6H,4H2,1-2H3,(H,12,13)(H,14,15). The fourth-order valence-corrected chi connectivity index (χ4v) is 1.19. The molecule has 0 aliphatic rings. The lowest BCUT2D eigenvalue weighted by atomic mass is 10.2. The Morgan fingerprint density at radius 1 is 1.67 bits per heavy atom. The topological polar surface area (TPSA) is 62.2 Å². The number of carboxylic acids is 1. The number of pyridine rings is 1. The van der Waals surface area contributed by atoms with Crippen molar-refractivity contribution in [1.29, 1.82) is 0 Å². The van der Waals surface area contributed by atoms with E-state index in [1.807, 2.05) is 0 Å². The molecule has 4 nitrogen and oxygen atoms in total. The number of carbonyl (C=O) groups is 1. The molecule has 0 fully saturated rings. The van der Waals surface area contributed by atoms with Gasteiger partial charge in [0.05, 0.1) is 10.6 Å². The molecule has 1 aromatic rings. The van der Waals surface area contributed by atoms with Crippen LogP contribution in [-0.4, -0.2) is 22.6 Å². The number of rotatable bonds is 4. The molecule has 0 unspecified atom stereocenters. The van der Waals surface area contributed by atoms with Crippen LogP contribution in [0.1, 0.15) is 24.2 Å². The van der Waals surface area contributed by atoms with E-state index in [0.29, 0.717) is 11.7 Å². The summed E-state index contributed by atoms with van der Waals surface area (Å²) in [7, 11) is 0. The lowest BCUT2D eigenvalue weighted by Gasteiger charge is -2.08. The summed E-state index contributed by atoms with van der Waals surface area (Å²) in [6, 6.07) is 1.44. The average Bonchev–Trinajstić information content (AvgIpc) is 2.16. The first-order valence-electron chi connectivity index (χ1n) is 4.63. The number of halogens is 1. The molecular weight excluding hydrogens is 216 g/mol. The maximum Gasteiger partial charge on any atom is 0.337 e. The SMILES string of the molecule is CC(C)CNc1cc(C(=O)O)c(Cl)cn1. The number of carboxylic acid groups (broad SMARTS) is 1. The zero-order valence-electron chi connectivity index (χ0n) is 8.62. The Hall–Kier alpha value is -1.29. The van der Waals surface area contributed by atoms with Gasteiger partial charge in [0.1, 0.15) is 5.82 Å². The van der Waals surface area contributed by atoms with Crippen molar-refractivity contribution >= 4 is 23.4 Å². The molecule has 0 amide bonds. The van der Waals surface area contributed by atoms with Gasteiger partial charge >= 0.3 is 5.97 Å². The smallest absolute Gasteiger partial charge is 0.337 e. The summed E-state index contributed by atoms with van der Waals surface area (Å²) >= 11 is 5.68. The van der Waals surface area contributed by atoms with Crippen LogP contribution in [0.15, 0.2) is 12.3 Å². The Balaban J connectivity index is 2.83. The van der Waals surface area contributed by atoms with E-state index in [2.05, 4.69) is 24.1 Å². The fraction of sp³-hybridized carbons (Fsp3) is 0.400. The minimum atomic E-state index is -1.05. The molecule has 0 saturated carbocycles. The molecule has 0 radical (unpaired) electrons. The molecular formula is C10H13ClN2O2. The van der Waals surface area contributed by atoms with Gasteiger partial charge in [0.15, 0.2) is 0 Å². The van der Waals surface area contributed by atoms with E-state index < -0.39 is 5.97 Å². The van der Waals surface area contributed by atoms with Gasteiger partial charge in [-0.1, -0.05) is 25.4 Å². The molecule has 0 aromatic carbocycles. The van der Waals surface area contributed by atoms with Crippen molar-refractivity contribution in [2.45, 2.75) is 13.8 Å². The molecule has 2 N–H and O–H groups in total. The van der Waals surface area contributed by atoms with Crippen molar-refractivity contribution in [3.05, 3.63) is 22.8 Å². The molecule has 1 heterocycles. The van der Waals surface area contributed by atoms with Crippen LogP contribution in [0.5, 0.6) is 0 Å². The molecule has 15 heavy (non-hydrogen) atoms. The second-order valence-electron chi connectivity index (χ2n) is 3.63. The van der Waals surface area contributed by atoms with Gasteiger partial charge in [-0.15, -0.1) is 0 Å². The third kappa shape index (κ3) is 3.40. The number of hydrogen-bond acceptors (Lipinski definition) is 3. The van der Waals surface area contributed by atoms with Crippen LogP contribution in [0.3, 0.4) is 0 Å². The predicted molar refractivity (Wildman–Crippen MR) is 59.5 cm³/mol. The zero-order valence-corrected chi connectivity index (χ0v) is 9.38.